The van der Waals surface area contributed by atoms with Crippen LogP contribution in [0.5, 0.6) is 0 Å². The lowest BCUT2D eigenvalue weighted by atomic mass is 9.91. The van der Waals surface area contributed by atoms with Gasteiger partial charge in [-0.1, -0.05) is 30.3 Å². The lowest BCUT2D eigenvalue weighted by Gasteiger charge is -2.31. The van der Waals surface area contributed by atoms with Crippen molar-refractivity contribution in [3.8, 4) is 17.5 Å². The zero-order valence-electron chi connectivity index (χ0n) is 16.3. The number of fused-ring (bicyclic) bond motifs is 1. The molecule has 2 aliphatic rings. The van der Waals surface area contributed by atoms with Crippen LogP contribution in [0.3, 0.4) is 0 Å². The highest BCUT2D eigenvalue weighted by Crippen LogP contribution is 2.38. The van der Waals surface area contributed by atoms with Gasteiger partial charge in [0.25, 0.3) is 0 Å². The normalized spacial score (nSPS) is 19.0. The van der Waals surface area contributed by atoms with Crippen molar-refractivity contribution in [1.82, 2.24) is 15.0 Å². The number of rotatable bonds is 4. The van der Waals surface area contributed by atoms with Gasteiger partial charge in [-0.25, -0.2) is 9.97 Å². The van der Waals surface area contributed by atoms with Gasteiger partial charge in [-0.2, -0.15) is 5.26 Å². The molecule has 1 aliphatic carbocycles. The molecule has 1 fully saturated rings. The van der Waals surface area contributed by atoms with E-state index in [-0.39, 0.29) is 12.0 Å². The smallest absolute Gasteiger partial charge is 0.161 e. The maximum absolute atomic E-state index is 10.0. The molecule has 2 atom stereocenters. The molecule has 0 bridgehead atoms. The molecular formula is C24H23N5. The van der Waals surface area contributed by atoms with E-state index in [4.69, 9.17) is 9.97 Å². The van der Waals surface area contributed by atoms with Crippen LogP contribution in [0.2, 0.25) is 0 Å². The van der Waals surface area contributed by atoms with E-state index in [2.05, 4.69) is 28.1 Å². The van der Waals surface area contributed by atoms with E-state index in [0.717, 1.165) is 61.4 Å². The highest BCUT2D eigenvalue weighted by atomic mass is 15.2. The number of aryl methyl sites for hydroxylation is 1. The second-order valence-electron chi connectivity index (χ2n) is 7.81. The van der Waals surface area contributed by atoms with E-state index in [0.29, 0.717) is 0 Å². The van der Waals surface area contributed by atoms with Gasteiger partial charge in [0, 0.05) is 35.8 Å². The number of anilines is 1. The van der Waals surface area contributed by atoms with Gasteiger partial charge in [0.15, 0.2) is 5.82 Å². The second kappa shape index (κ2) is 7.63. The third kappa shape index (κ3) is 3.25. The molecule has 0 amide bonds. The van der Waals surface area contributed by atoms with Crippen LogP contribution in [0.15, 0.2) is 54.9 Å². The van der Waals surface area contributed by atoms with Gasteiger partial charge in [-0.05, 0) is 49.8 Å². The zero-order chi connectivity index (χ0) is 19.6. The molecule has 1 aliphatic heterocycles. The summed E-state index contributed by atoms with van der Waals surface area (Å²) in [5, 5.41) is 10.0. The quantitative estimate of drug-likeness (QED) is 0.674. The van der Waals surface area contributed by atoms with Crippen molar-refractivity contribution in [2.45, 2.75) is 44.1 Å². The Bertz CT molecular complexity index is 1040. The Morgan fingerprint density at radius 2 is 1.83 bits per heavy atom. The van der Waals surface area contributed by atoms with Crippen molar-refractivity contribution in [2.24, 2.45) is 0 Å². The molecule has 0 radical (unpaired) electrons. The molecule has 5 rings (SSSR count). The average molecular weight is 381 g/mol. The van der Waals surface area contributed by atoms with E-state index in [1.54, 1.807) is 12.4 Å². The minimum Gasteiger partial charge on any atom is -0.352 e. The monoisotopic (exact) mass is 381 g/mol. The van der Waals surface area contributed by atoms with E-state index >= 15 is 0 Å². The average Bonchev–Trinajstić information content (AvgIpc) is 3.45. The Morgan fingerprint density at radius 1 is 1.00 bits per heavy atom. The number of benzene rings is 1. The number of hydrogen-bond donors (Lipinski definition) is 0. The maximum Gasteiger partial charge on any atom is 0.161 e. The minimum absolute atomic E-state index is 0.146. The molecule has 3 aromatic rings. The molecule has 1 aromatic carbocycles. The lowest BCUT2D eigenvalue weighted by molar-refractivity contribution is 0.605. The summed E-state index contributed by atoms with van der Waals surface area (Å²) >= 11 is 0. The van der Waals surface area contributed by atoms with Crippen LogP contribution in [0.4, 0.5) is 5.82 Å². The Morgan fingerprint density at radius 3 is 2.62 bits per heavy atom. The molecule has 29 heavy (non-hydrogen) atoms. The van der Waals surface area contributed by atoms with Crippen molar-refractivity contribution < 1.29 is 0 Å². The number of pyridine rings is 1. The fourth-order valence-corrected chi connectivity index (χ4v) is 4.73. The van der Waals surface area contributed by atoms with Gasteiger partial charge in [0.05, 0.1) is 18.0 Å². The van der Waals surface area contributed by atoms with Crippen LogP contribution in [0, 0.1) is 11.3 Å². The van der Waals surface area contributed by atoms with Gasteiger partial charge in [-0.3, -0.25) is 4.98 Å². The molecule has 5 heteroatoms. The third-order valence-electron chi connectivity index (χ3n) is 6.10. The first-order valence-corrected chi connectivity index (χ1v) is 10.4. The van der Waals surface area contributed by atoms with Crippen molar-refractivity contribution in [3.05, 3.63) is 71.7 Å². The largest absolute Gasteiger partial charge is 0.352 e. The van der Waals surface area contributed by atoms with Gasteiger partial charge in [0.1, 0.15) is 5.82 Å². The predicted octanol–water partition coefficient (Wildman–Crippen LogP) is 4.30. The maximum atomic E-state index is 10.0. The van der Waals surface area contributed by atoms with E-state index in [1.807, 2.05) is 30.3 Å². The third-order valence-corrected chi connectivity index (χ3v) is 6.10. The van der Waals surface area contributed by atoms with Crippen molar-refractivity contribution in [1.29, 1.82) is 5.26 Å². The molecule has 0 N–H and O–H groups in total. The fourth-order valence-electron chi connectivity index (χ4n) is 4.73. The number of nitrogens with zero attached hydrogens (tertiary/aromatic N) is 5. The van der Waals surface area contributed by atoms with Crippen molar-refractivity contribution in [2.75, 3.05) is 11.4 Å². The molecule has 144 valence electrons. The van der Waals surface area contributed by atoms with Gasteiger partial charge >= 0.3 is 0 Å². The summed E-state index contributed by atoms with van der Waals surface area (Å²) in [6.45, 7) is 0.939. The molecule has 5 nitrogen and oxygen atoms in total. The van der Waals surface area contributed by atoms with Crippen LogP contribution >= 0.6 is 0 Å². The van der Waals surface area contributed by atoms with E-state index in [9.17, 15) is 5.26 Å². The standard InChI is InChI=1S/C24H23N5/c25-16-20(17-6-2-1-3-7-17)22-10-5-15-29(22)24-19-8-4-9-21(19)27-23(28-24)18-11-13-26-14-12-18/h1-3,6-7,11-14,20,22H,4-5,8-10,15H2. The molecule has 0 saturated carbocycles. The van der Waals surface area contributed by atoms with Crippen LogP contribution in [0.25, 0.3) is 11.4 Å². The van der Waals surface area contributed by atoms with Crippen LogP contribution < -0.4 is 4.90 Å². The SMILES string of the molecule is N#CC(c1ccccc1)C1CCCN1c1nc(-c2ccncc2)nc2c1CCC2. The molecule has 3 heterocycles. The van der Waals surface area contributed by atoms with E-state index in [1.165, 1.54) is 11.3 Å². The topological polar surface area (TPSA) is 65.7 Å². The Balaban J connectivity index is 1.58. The summed E-state index contributed by atoms with van der Waals surface area (Å²) in [5.41, 5.74) is 4.53. The summed E-state index contributed by atoms with van der Waals surface area (Å²) in [6.07, 6.45) is 8.80. The molecule has 2 aromatic heterocycles. The fraction of sp³-hybridized carbons (Fsp3) is 0.333. The minimum atomic E-state index is -0.157. The highest BCUT2D eigenvalue weighted by Gasteiger charge is 2.36. The predicted molar refractivity (Wildman–Crippen MR) is 112 cm³/mol. The van der Waals surface area contributed by atoms with E-state index < -0.39 is 0 Å². The summed E-state index contributed by atoms with van der Waals surface area (Å²) in [6, 6.07) is 16.8. The van der Waals surface area contributed by atoms with Gasteiger partial charge < -0.3 is 4.90 Å². The lowest BCUT2D eigenvalue weighted by Crippen LogP contribution is -2.35. The Labute approximate surface area is 171 Å². The first-order chi connectivity index (χ1) is 14.3. The summed E-state index contributed by atoms with van der Waals surface area (Å²) < 4.78 is 0. The molecular weight excluding hydrogens is 358 g/mol. The summed E-state index contributed by atoms with van der Waals surface area (Å²) in [4.78, 5) is 16.4. The highest BCUT2D eigenvalue weighted by molar-refractivity contribution is 5.62. The molecule has 2 unspecified atom stereocenters. The zero-order valence-corrected chi connectivity index (χ0v) is 16.3. The van der Waals surface area contributed by atoms with Gasteiger partial charge in [-0.15, -0.1) is 0 Å². The van der Waals surface area contributed by atoms with Crippen molar-refractivity contribution >= 4 is 5.82 Å². The number of hydrogen-bond acceptors (Lipinski definition) is 5. The van der Waals surface area contributed by atoms with Crippen LogP contribution in [0.1, 0.15) is 42.0 Å². The summed E-state index contributed by atoms with van der Waals surface area (Å²) in [5.74, 6) is 1.65. The first-order valence-electron chi connectivity index (χ1n) is 10.4. The number of aromatic nitrogens is 3. The second-order valence-corrected chi connectivity index (χ2v) is 7.81. The van der Waals surface area contributed by atoms with Crippen molar-refractivity contribution in [3.63, 3.8) is 0 Å². The number of nitriles is 1. The van der Waals surface area contributed by atoms with Crippen LogP contribution in [-0.4, -0.2) is 27.5 Å². The Kier molecular flexibility index (Phi) is 4.69. The Hall–Kier alpha value is -3.26. The van der Waals surface area contributed by atoms with Gasteiger partial charge in [0.2, 0.25) is 0 Å². The summed E-state index contributed by atoms with van der Waals surface area (Å²) in [7, 11) is 0. The first kappa shape index (κ1) is 17.8. The molecule has 1 saturated heterocycles. The van der Waals surface area contributed by atoms with Crippen LogP contribution in [-0.2, 0) is 12.8 Å². The molecule has 0 spiro atoms.